The van der Waals surface area contributed by atoms with Crippen LogP contribution in [0.5, 0.6) is 0 Å². The number of carbonyl (C=O) groups is 1. The molecular formula is C17H18N2OS2. The van der Waals surface area contributed by atoms with E-state index in [2.05, 4.69) is 24.3 Å². The van der Waals surface area contributed by atoms with Crippen molar-refractivity contribution in [1.82, 2.24) is 0 Å². The number of hydrogen-bond donors (Lipinski definition) is 1. The van der Waals surface area contributed by atoms with E-state index in [9.17, 15) is 4.79 Å². The van der Waals surface area contributed by atoms with Crippen molar-refractivity contribution >= 4 is 35.1 Å². The molecule has 1 amide bonds. The first-order valence-corrected chi connectivity index (χ1v) is 9.47. The van der Waals surface area contributed by atoms with Crippen LogP contribution in [0.15, 0.2) is 58.3 Å². The lowest BCUT2D eigenvalue weighted by molar-refractivity contribution is -0.126. The van der Waals surface area contributed by atoms with Gasteiger partial charge in [0.2, 0.25) is 5.91 Å². The number of benzene rings is 2. The van der Waals surface area contributed by atoms with Gasteiger partial charge in [0.25, 0.3) is 0 Å². The summed E-state index contributed by atoms with van der Waals surface area (Å²) in [5.74, 6) is -0.0177. The predicted molar refractivity (Wildman–Crippen MR) is 94.6 cm³/mol. The molecule has 0 spiro atoms. The number of nitrogens with zero attached hydrogens (tertiary/aromatic N) is 1. The van der Waals surface area contributed by atoms with Crippen molar-refractivity contribution in [2.24, 2.45) is 5.73 Å². The Labute approximate surface area is 139 Å². The molecule has 0 aliphatic carbocycles. The highest BCUT2D eigenvalue weighted by Crippen LogP contribution is 2.39. The average Bonchev–Trinajstić information content (AvgIpc) is 2.59. The molecule has 3 rings (SSSR count). The zero-order chi connectivity index (χ0) is 15.7. The number of carbonyl (C=O) groups excluding carboxylic acids is 1. The number of nitrogens with two attached hydrogens (primary N) is 1. The summed E-state index contributed by atoms with van der Waals surface area (Å²) in [6.45, 7) is 0. The zero-order valence-electron chi connectivity index (χ0n) is 12.5. The number of thioether (sulfide) groups is 2. The van der Waals surface area contributed by atoms with Gasteiger partial charge in [0.1, 0.15) is 6.04 Å². The molecule has 3 nitrogen and oxygen atoms in total. The van der Waals surface area contributed by atoms with Gasteiger partial charge in [-0.3, -0.25) is 4.79 Å². The first-order chi connectivity index (χ1) is 10.7. The van der Waals surface area contributed by atoms with E-state index in [0.29, 0.717) is 0 Å². The molecule has 2 N–H and O–H groups in total. The minimum absolute atomic E-state index is 0.0177. The number of rotatable bonds is 4. The lowest BCUT2D eigenvalue weighted by Gasteiger charge is -2.45. The van der Waals surface area contributed by atoms with Crippen molar-refractivity contribution in [1.29, 1.82) is 0 Å². The van der Waals surface area contributed by atoms with E-state index >= 15 is 0 Å². The zero-order valence-corrected chi connectivity index (χ0v) is 14.2. The maximum Gasteiger partial charge on any atom is 0.247 e. The van der Waals surface area contributed by atoms with Gasteiger partial charge in [-0.25, -0.2) is 0 Å². The summed E-state index contributed by atoms with van der Waals surface area (Å²) >= 11 is 3.39. The molecule has 2 atom stereocenters. The van der Waals surface area contributed by atoms with Crippen LogP contribution in [0.4, 0.5) is 5.69 Å². The minimum atomic E-state index is -0.458. The van der Waals surface area contributed by atoms with Crippen molar-refractivity contribution in [3.63, 3.8) is 0 Å². The van der Waals surface area contributed by atoms with E-state index in [-0.39, 0.29) is 11.9 Å². The molecule has 5 heteroatoms. The fourth-order valence-electron chi connectivity index (χ4n) is 2.70. The molecule has 1 saturated heterocycles. The van der Waals surface area contributed by atoms with Crippen molar-refractivity contribution < 1.29 is 4.79 Å². The largest absolute Gasteiger partial charge is 0.318 e. The highest BCUT2D eigenvalue weighted by molar-refractivity contribution is 7.98. The maximum absolute atomic E-state index is 12.2. The molecule has 0 radical (unpaired) electrons. The average molecular weight is 330 g/mol. The molecule has 1 fully saturated rings. The summed E-state index contributed by atoms with van der Waals surface area (Å²) in [6.07, 6.45) is 4.09. The first kappa shape index (κ1) is 15.5. The van der Waals surface area contributed by atoms with Crippen LogP contribution in [0, 0.1) is 0 Å². The van der Waals surface area contributed by atoms with Gasteiger partial charge in [-0.15, -0.1) is 23.5 Å². The minimum Gasteiger partial charge on any atom is -0.318 e. The van der Waals surface area contributed by atoms with E-state index in [0.717, 1.165) is 11.3 Å². The standard InChI is InChI=1S/C17H18N2OS2/c1-21-13-7-3-11(4-8-13)16-15(18)17(20)19(16)12-5-9-14(22-2)10-6-12/h3-10,15-16H,18H2,1-2H3/t15-,16-/m0/s1. The second-order valence-corrected chi connectivity index (χ2v) is 6.91. The summed E-state index contributed by atoms with van der Waals surface area (Å²) in [4.78, 5) is 16.4. The lowest BCUT2D eigenvalue weighted by atomic mass is 9.88. The summed E-state index contributed by atoms with van der Waals surface area (Å²) in [7, 11) is 0. The molecule has 114 valence electrons. The molecule has 22 heavy (non-hydrogen) atoms. The topological polar surface area (TPSA) is 46.3 Å². The third kappa shape index (κ3) is 2.64. The van der Waals surface area contributed by atoms with Crippen molar-refractivity contribution in [2.45, 2.75) is 21.9 Å². The number of anilines is 1. The van der Waals surface area contributed by atoms with Crippen LogP contribution < -0.4 is 10.6 Å². The van der Waals surface area contributed by atoms with Crippen LogP contribution in [0.1, 0.15) is 11.6 Å². The highest BCUT2D eigenvalue weighted by atomic mass is 32.2. The molecule has 2 aromatic rings. The third-order valence-electron chi connectivity index (χ3n) is 3.95. The molecular weight excluding hydrogens is 312 g/mol. The second kappa shape index (κ2) is 6.36. The molecule has 0 aromatic heterocycles. The molecule has 2 aromatic carbocycles. The normalized spacial score (nSPS) is 20.9. The Kier molecular flexibility index (Phi) is 4.47. The predicted octanol–water partition coefficient (Wildman–Crippen LogP) is 3.55. The Morgan fingerprint density at radius 3 is 1.91 bits per heavy atom. The van der Waals surface area contributed by atoms with Gasteiger partial charge in [-0.2, -0.15) is 0 Å². The molecule has 0 bridgehead atoms. The number of amides is 1. The third-order valence-corrected chi connectivity index (χ3v) is 5.44. The maximum atomic E-state index is 12.2. The van der Waals surface area contributed by atoms with Crippen LogP contribution >= 0.6 is 23.5 Å². The molecule has 0 saturated carbocycles. The first-order valence-electron chi connectivity index (χ1n) is 7.02. The lowest BCUT2D eigenvalue weighted by Crippen LogP contribution is -2.63. The van der Waals surface area contributed by atoms with Gasteiger partial charge in [0.05, 0.1) is 6.04 Å². The van der Waals surface area contributed by atoms with Crippen molar-refractivity contribution in [3.8, 4) is 0 Å². The second-order valence-electron chi connectivity index (χ2n) is 5.15. The van der Waals surface area contributed by atoms with E-state index in [1.807, 2.05) is 36.8 Å². The van der Waals surface area contributed by atoms with E-state index < -0.39 is 6.04 Å². The number of hydrogen-bond acceptors (Lipinski definition) is 4. The Bertz CT molecular complexity index is 670. The quantitative estimate of drug-likeness (QED) is 0.688. The van der Waals surface area contributed by atoms with Gasteiger partial charge in [0, 0.05) is 15.5 Å². The van der Waals surface area contributed by atoms with E-state index in [4.69, 9.17) is 5.73 Å². The monoisotopic (exact) mass is 330 g/mol. The Hall–Kier alpha value is -1.43. The van der Waals surface area contributed by atoms with E-state index in [1.165, 1.54) is 9.79 Å². The van der Waals surface area contributed by atoms with Gasteiger partial charge < -0.3 is 10.6 Å². The van der Waals surface area contributed by atoms with Gasteiger partial charge in [-0.05, 0) is 54.5 Å². The Morgan fingerprint density at radius 2 is 1.41 bits per heavy atom. The van der Waals surface area contributed by atoms with Gasteiger partial charge in [-0.1, -0.05) is 12.1 Å². The highest BCUT2D eigenvalue weighted by Gasteiger charge is 2.46. The van der Waals surface area contributed by atoms with Crippen LogP contribution in [0.25, 0.3) is 0 Å². The van der Waals surface area contributed by atoms with E-state index in [1.54, 1.807) is 28.4 Å². The molecule has 0 unspecified atom stereocenters. The Balaban J connectivity index is 1.89. The summed E-state index contributed by atoms with van der Waals surface area (Å²) in [5.41, 5.74) is 8.04. The molecule has 1 aliphatic rings. The smallest absolute Gasteiger partial charge is 0.247 e. The van der Waals surface area contributed by atoms with Crippen LogP contribution in [0.3, 0.4) is 0 Å². The Morgan fingerprint density at radius 1 is 0.909 bits per heavy atom. The van der Waals surface area contributed by atoms with Crippen LogP contribution in [0.2, 0.25) is 0 Å². The summed E-state index contributed by atoms with van der Waals surface area (Å²) in [5, 5.41) is 0. The summed E-state index contributed by atoms with van der Waals surface area (Å²) in [6, 6.07) is 15.8. The van der Waals surface area contributed by atoms with Crippen LogP contribution in [-0.2, 0) is 4.79 Å². The summed E-state index contributed by atoms with van der Waals surface area (Å²) < 4.78 is 0. The fraction of sp³-hybridized carbons (Fsp3) is 0.235. The SMILES string of the molecule is CSc1ccc([C@H]2[C@H](N)C(=O)N2c2ccc(SC)cc2)cc1. The fourth-order valence-corrected chi connectivity index (χ4v) is 3.52. The molecule has 1 heterocycles. The molecule has 1 aliphatic heterocycles. The van der Waals surface area contributed by atoms with Gasteiger partial charge in [0.15, 0.2) is 0 Å². The van der Waals surface area contributed by atoms with Gasteiger partial charge >= 0.3 is 0 Å². The van der Waals surface area contributed by atoms with Crippen LogP contribution in [-0.4, -0.2) is 24.5 Å². The van der Waals surface area contributed by atoms with Crippen molar-refractivity contribution in [3.05, 3.63) is 54.1 Å². The van der Waals surface area contributed by atoms with Crippen molar-refractivity contribution in [2.75, 3.05) is 17.4 Å². The number of β-lactam (4-membered cyclic amide) rings is 1.